The molecule has 1 fully saturated rings. The summed E-state index contributed by atoms with van der Waals surface area (Å²) in [5, 5.41) is 2.47. The van der Waals surface area contributed by atoms with Crippen molar-refractivity contribution in [3.05, 3.63) is 78.5 Å². The van der Waals surface area contributed by atoms with Gasteiger partial charge in [-0.1, -0.05) is 48.5 Å². The minimum absolute atomic E-state index is 0.0643. The summed E-state index contributed by atoms with van der Waals surface area (Å²) in [6.07, 6.45) is 1.84. The number of fused-ring (bicyclic) bond motifs is 3. The van der Waals surface area contributed by atoms with E-state index < -0.39 is 10.5 Å². The first-order valence-electron chi connectivity index (χ1n) is 9.56. The van der Waals surface area contributed by atoms with Crippen molar-refractivity contribution in [3.8, 4) is 11.1 Å². The lowest BCUT2D eigenvalue weighted by atomic mass is 9.98. The number of pyridine rings is 1. The average molecular weight is 388 g/mol. The van der Waals surface area contributed by atoms with Gasteiger partial charge in [0.05, 0.1) is 5.37 Å². The molecule has 2 unspecified atom stereocenters. The fourth-order valence-corrected chi connectivity index (χ4v) is 6.28. The molecule has 0 N–H and O–H groups in total. The summed E-state index contributed by atoms with van der Waals surface area (Å²) in [5.74, 6) is 1.03. The monoisotopic (exact) mass is 387 g/mol. The van der Waals surface area contributed by atoms with Crippen LogP contribution in [0.5, 0.6) is 0 Å². The standard InChI is InChI=1S/C23H21N3OS/c27-17-28-21-10-4-3-8-19(21)18-7-1-2-9-20(18)23(28)26-15-13-25(14-16-26)22-11-5-6-12-24-22/h1-12,23H,13-16H2. The van der Waals surface area contributed by atoms with E-state index in [1.54, 1.807) is 0 Å². The molecule has 4 nitrogen and oxygen atoms in total. The fourth-order valence-electron chi connectivity index (χ4n) is 4.25. The van der Waals surface area contributed by atoms with Gasteiger partial charge in [-0.15, -0.1) is 0 Å². The van der Waals surface area contributed by atoms with Crippen LogP contribution in [0.3, 0.4) is 0 Å². The molecule has 0 radical (unpaired) electrons. The highest BCUT2D eigenvalue weighted by Gasteiger charge is 2.34. The number of piperazine rings is 1. The number of hydrogen-bond acceptors (Lipinski definition) is 4. The second-order valence-electron chi connectivity index (χ2n) is 7.07. The Morgan fingerprint density at radius 3 is 2.32 bits per heavy atom. The highest BCUT2D eigenvalue weighted by atomic mass is 32.2. The van der Waals surface area contributed by atoms with E-state index in [2.05, 4.69) is 62.5 Å². The highest BCUT2D eigenvalue weighted by molar-refractivity contribution is 8.14. The second kappa shape index (κ2) is 7.36. The summed E-state index contributed by atoms with van der Waals surface area (Å²) in [6, 6.07) is 22.9. The predicted octanol–water partition coefficient (Wildman–Crippen LogP) is 4.28. The molecule has 2 aromatic carbocycles. The summed E-state index contributed by atoms with van der Waals surface area (Å²) in [6.45, 7) is 3.63. The first-order chi connectivity index (χ1) is 13.9. The van der Waals surface area contributed by atoms with Crippen LogP contribution >= 0.6 is 10.5 Å². The number of nitrogens with zero attached hydrogens (tertiary/aromatic N) is 3. The minimum atomic E-state index is -0.593. The molecule has 3 heterocycles. The predicted molar refractivity (Wildman–Crippen MR) is 114 cm³/mol. The van der Waals surface area contributed by atoms with Gasteiger partial charge in [-0.25, -0.2) is 9.78 Å². The quantitative estimate of drug-likeness (QED) is 0.615. The Balaban J connectivity index is 1.49. The van der Waals surface area contributed by atoms with Gasteiger partial charge in [0.1, 0.15) is 5.82 Å². The summed E-state index contributed by atoms with van der Waals surface area (Å²) in [4.78, 5) is 22.5. The van der Waals surface area contributed by atoms with Gasteiger partial charge in [0.25, 0.3) is 0 Å². The van der Waals surface area contributed by atoms with Crippen LogP contribution in [0.1, 0.15) is 10.9 Å². The van der Waals surface area contributed by atoms with Crippen LogP contribution in [0.15, 0.2) is 77.8 Å². The highest BCUT2D eigenvalue weighted by Crippen LogP contribution is 2.54. The number of benzene rings is 2. The Bertz CT molecular complexity index is 1050. The Morgan fingerprint density at radius 1 is 0.857 bits per heavy atom. The zero-order chi connectivity index (χ0) is 18.9. The third-order valence-corrected chi connectivity index (χ3v) is 7.58. The van der Waals surface area contributed by atoms with E-state index in [0.717, 1.165) is 36.9 Å². The first-order valence-corrected chi connectivity index (χ1v) is 10.8. The molecule has 28 heavy (non-hydrogen) atoms. The molecule has 5 rings (SSSR count). The van der Waals surface area contributed by atoms with Gasteiger partial charge in [0, 0.05) is 37.3 Å². The van der Waals surface area contributed by atoms with Crippen LogP contribution in [0.25, 0.3) is 11.1 Å². The van der Waals surface area contributed by atoms with E-state index in [1.807, 2.05) is 30.5 Å². The molecule has 0 spiro atoms. The zero-order valence-corrected chi connectivity index (χ0v) is 16.3. The molecule has 2 atom stereocenters. The third kappa shape index (κ3) is 2.89. The topological polar surface area (TPSA) is 36.4 Å². The second-order valence-corrected chi connectivity index (χ2v) is 8.80. The van der Waals surface area contributed by atoms with Crippen LogP contribution in [-0.4, -0.2) is 41.3 Å². The summed E-state index contributed by atoms with van der Waals surface area (Å²) in [7, 11) is -0.593. The van der Waals surface area contributed by atoms with Gasteiger partial charge < -0.3 is 4.90 Å². The van der Waals surface area contributed by atoms with Gasteiger partial charge >= 0.3 is 0 Å². The lowest BCUT2D eigenvalue weighted by Gasteiger charge is -2.42. The summed E-state index contributed by atoms with van der Waals surface area (Å²) in [5.41, 5.74) is 3.67. The van der Waals surface area contributed by atoms with E-state index >= 15 is 0 Å². The Kier molecular flexibility index (Phi) is 4.57. The number of rotatable bonds is 2. The van der Waals surface area contributed by atoms with Crippen molar-refractivity contribution in [1.29, 1.82) is 0 Å². The third-order valence-electron chi connectivity index (χ3n) is 5.57. The largest absolute Gasteiger partial charge is 0.354 e. The molecule has 0 saturated carbocycles. The molecule has 3 aromatic rings. The number of carbonyl (C=O) groups excluding carboxylic acids is 1. The summed E-state index contributed by atoms with van der Waals surface area (Å²) < 4.78 is 0. The molecule has 1 aromatic heterocycles. The van der Waals surface area contributed by atoms with Crippen molar-refractivity contribution in [1.82, 2.24) is 9.88 Å². The van der Waals surface area contributed by atoms with E-state index in [4.69, 9.17) is 0 Å². The maximum Gasteiger partial charge on any atom is 0.162 e. The van der Waals surface area contributed by atoms with Crippen molar-refractivity contribution >= 4 is 21.5 Å². The Hall–Kier alpha value is -2.72. The Morgan fingerprint density at radius 2 is 1.57 bits per heavy atom. The van der Waals surface area contributed by atoms with Gasteiger partial charge in [-0.05, 0) is 45.4 Å². The first kappa shape index (κ1) is 17.4. The molecule has 0 bridgehead atoms. The molecule has 2 aliphatic heterocycles. The molecule has 5 heteroatoms. The number of anilines is 1. The fraction of sp³-hybridized carbons (Fsp3) is 0.217. The zero-order valence-electron chi connectivity index (χ0n) is 15.5. The molecule has 140 valence electrons. The van der Waals surface area contributed by atoms with Crippen molar-refractivity contribution in [3.63, 3.8) is 0 Å². The van der Waals surface area contributed by atoms with Crippen molar-refractivity contribution in [2.45, 2.75) is 10.3 Å². The molecule has 2 aliphatic rings. The molecular weight excluding hydrogens is 366 g/mol. The van der Waals surface area contributed by atoms with Gasteiger partial charge in [0.2, 0.25) is 0 Å². The minimum Gasteiger partial charge on any atom is -0.354 e. The van der Waals surface area contributed by atoms with E-state index in [1.165, 1.54) is 16.7 Å². The SMILES string of the molecule is O=C=S1c2ccccc2-c2ccccc2C1N1CCN(c2ccccn2)CC1. The van der Waals surface area contributed by atoms with Gasteiger partial charge in [-0.2, -0.15) is 0 Å². The van der Waals surface area contributed by atoms with E-state index in [0.29, 0.717) is 0 Å². The van der Waals surface area contributed by atoms with E-state index in [-0.39, 0.29) is 5.37 Å². The molecule has 0 aliphatic carbocycles. The van der Waals surface area contributed by atoms with Crippen molar-refractivity contribution in [2.75, 3.05) is 31.1 Å². The lowest BCUT2D eigenvalue weighted by molar-refractivity contribution is 0.242. The molecule has 0 amide bonds. The van der Waals surface area contributed by atoms with Crippen LogP contribution in [0, 0.1) is 0 Å². The van der Waals surface area contributed by atoms with Crippen LogP contribution in [-0.2, 0) is 4.79 Å². The van der Waals surface area contributed by atoms with Crippen LogP contribution in [0.4, 0.5) is 5.82 Å². The van der Waals surface area contributed by atoms with Crippen LogP contribution < -0.4 is 4.90 Å². The number of aromatic nitrogens is 1. The number of hydrogen-bond donors (Lipinski definition) is 0. The van der Waals surface area contributed by atoms with Gasteiger partial charge in [0.15, 0.2) is 5.23 Å². The smallest absolute Gasteiger partial charge is 0.162 e. The van der Waals surface area contributed by atoms with Crippen molar-refractivity contribution in [2.24, 2.45) is 0 Å². The summed E-state index contributed by atoms with van der Waals surface area (Å²) >= 11 is 0. The van der Waals surface area contributed by atoms with E-state index in [9.17, 15) is 4.79 Å². The lowest BCUT2D eigenvalue weighted by Crippen LogP contribution is -2.48. The normalized spacial score (nSPS) is 21.5. The maximum atomic E-state index is 12.1. The molecular formula is C23H21N3OS. The molecule has 1 saturated heterocycles. The maximum absolute atomic E-state index is 12.1. The average Bonchev–Trinajstić information content (AvgIpc) is 2.79. The Labute approximate surface area is 167 Å². The van der Waals surface area contributed by atoms with Crippen molar-refractivity contribution < 1.29 is 4.79 Å². The van der Waals surface area contributed by atoms with Crippen LogP contribution in [0.2, 0.25) is 0 Å². The van der Waals surface area contributed by atoms with Gasteiger partial charge in [-0.3, -0.25) is 4.90 Å².